The summed E-state index contributed by atoms with van der Waals surface area (Å²) in [5.74, 6) is 0. The highest BCUT2D eigenvalue weighted by Gasteiger charge is 2.36. The number of H-pyrrole nitrogens is 1. The van der Waals surface area contributed by atoms with Gasteiger partial charge in [-0.3, -0.25) is 0 Å². The third-order valence-electron chi connectivity index (χ3n) is 4.99. The average molecular weight is 311 g/mol. The lowest BCUT2D eigenvalue weighted by Crippen LogP contribution is -2.41. The zero-order chi connectivity index (χ0) is 14.9. The fourth-order valence-corrected chi connectivity index (χ4v) is 4.06. The number of hydrogen-bond donors (Lipinski definition) is 3. The molecule has 0 amide bonds. The molecule has 2 aliphatic carbocycles. The first-order chi connectivity index (χ1) is 10.0. The lowest BCUT2D eigenvalue weighted by Gasteiger charge is -2.41. The van der Waals surface area contributed by atoms with Crippen LogP contribution < -0.4 is 10.0 Å². The minimum atomic E-state index is -3.39. The van der Waals surface area contributed by atoms with Gasteiger partial charge in [-0.15, -0.1) is 0 Å². The quantitative estimate of drug-likeness (QED) is 0.688. The second-order valence-corrected chi connectivity index (χ2v) is 8.31. The van der Waals surface area contributed by atoms with Crippen LogP contribution in [-0.2, 0) is 16.6 Å². The smallest absolute Gasteiger partial charge is 0.242 e. The Balaban J connectivity index is 1.58. The van der Waals surface area contributed by atoms with Crippen LogP contribution >= 0.6 is 0 Å². The molecule has 3 rings (SSSR count). The molecule has 0 spiro atoms. The SMILES string of the molecule is CCC1(CNS(=O)(=O)c2c[nH]c(CNC3CC3)c2)CCC1. The molecule has 118 valence electrons. The summed E-state index contributed by atoms with van der Waals surface area (Å²) >= 11 is 0. The van der Waals surface area contributed by atoms with E-state index in [0.29, 0.717) is 24.0 Å². The molecule has 1 heterocycles. The zero-order valence-corrected chi connectivity index (χ0v) is 13.4. The van der Waals surface area contributed by atoms with Crippen molar-refractivity contribution >= 4 is 10.0 Å². The first-order valence-corrected chi connectivity index (χ1v) is 9.42. The maximum atomic E-state index is 12.3. The van der Waals surface area contributed by atoms with E-state index in [1.165, 1.54) is 19.3 Å². The van der Waals surface area contributed by atoms with E-state index < -0.39 is 10.0 Å². The summed E-state index contributed by atoms with van der Waals surface area (Å²) in [6.45, 7) is 3.41. The molecule has 0 unspecified atom stereocenters. The second kappa shape index (κ2) is 5.74. The Morgan fingerprint density at radius 3 is 2.71 bits per heavy atom. The van der Waals surface area contributed by atoms with Gasteiger partial charge < -0.3 is 10.3 Å². The van der Waals surface area contributed by atoms with Crippen LogP contribution in [-0.4, -0.2) is 26.0 Å². The van der Waals surface area contributed by atoms with E-state index in [9.17, 15) is 8.42 Å². The minimum Gasteiger partial charge on any atom is -0.363 e. The van der Waals surface area contributed by atoms with Crippen molar-refractivity contribution in [1.82, 2.24) is 15.0 Å². The van der Waals surface area contributed by atoms with E-state index >= 15 is 0 Å². The molecule has 0 saturated heterocycles. The van der Waals surface area contributed by atoms with Gasteiger partial charge in [0.25, 0.3) is 0 Å². The molecule has 0 bridgehead atoms. The Labute approximate surface area is 127 Å². The molecule has 3 N–H and O–H groups in total. The van der Waals surface area contributed by atoms with Crippen molar-refractivity contribution in [2.75, 3.05) is 6.54 Å². The van der Waals surface area contributed by atoms with Gasteiger partial charge >= 0.3 is 0 Å². The van der Waals surface area contributed by atoms with Gasteiger partial charge in [0.15, 0.2) is 0 Å². The highest BCUT2D eigenvalue weighted by atomic mass is 32.2. The van der Waals surface area contributed by atoms with E-state index in [1.54, 1.807) is 12.3 Å². The van der Waals surface area contributed by atoms with Crippen molar-refractivity contribution in [1.29, 1.82) is 0 Å². The summed E-state index contributed by atoms with van der Waals surface area (Å²) < 4.78 is 27.5. The summed E-state index contributed by atoms with van der Waals surface area (Å²) in [4.78, 5) is 3.40. The maximum absolute atomic E-state index is 12.3. The molecule has 2 saturated carbocycles. The lowest BCUT2D eigenvalue weighted by molar-refractivity contribution is 0.133. The zero-order valence-electron chi connectivity index (χ0n) is 12.6. The van der Waals surface area contributed by atoms with Crippen molar-refractivity contribution in [3.63, 3.8) is 0 Å². The molecule has 1 aromatic rings. The van der Waals surface area contributed by atoms with Gasteiger partial charge in [0.1, 0.15) is 0 Å². The average Bonchev–Trinajstić information content (AvgIpc) is 3.12. The van der Waals surface area contributed by atoms with Crippen molar-refractivity contribution in [3.8, 4) is 0 Å². The first kappa shape index (κ1) is 15.1. The number of rotatable bonds is 8. The summed E-state index contributed by atoms with van der Waals surface area (Å²) in [6, 6.07) is 2.35. The van der Waals surface area contributed by atoms with Crippen LogP contribution in [0.15, 0.2) is 17.2 Å². The molecule has 2 fully saturated rings. The van der Waals surface area contributed by atoms with Crippen LogP contribution in [0.25, 0.3) is 0 Å². The molecule has 0 aliphatic heterocycles. The number of sulfonamides is 1. The Kier molecular flexibility index (Phi) is 4.12. The summed E-state index contributed by atoms with van der Waals surface area (Å²) in [6.07, 6.45) is 8.58. The number of nitrogens with one attached hydrogen (secondary N) is 3. The molecule has 5 nitrogen and oxygen atoms in total. The molecule has 6 heteroatoms. The molecule has 0 radical (unpaired) electrons. The number of aromatic nitrogens is 1. The van der Waals surface area contributed by atoms with Crippen LogP contribution in [0.5, 0.6) is 0 Å². The van der Waals surface area contributed by atoms with E-state index in [4.69, 9.17) is 0 Å². The fraction of sp³-hybridized carbons (Fsp3) is 0.733. The van der Waals surface area contributed by atoms with Crippen molar-refractivity contribution in [3.05, 3.63) is 18.0 Å². The predicted molar refractivity (Wildman–Crippen MR) is 82.4 cm³/mol. The van der Waals surface area contributed by atoms with E-state index in [-0.39, 0.29) is 5.41 Å². The Morgan fingerprint density at radius 2 is 2.14 bits per heavy atom. The molecule has 0 atom stereocenters. The van der Waals surface area contributed by atoms with Gasteiger partial charge in [0.2, 0.25) is 10.0 Å². The van der Waals surface area contributed by atoms with Crippen molar-refractivity contribution in [2.45, 2.75) is 62.9 Å². The summed E-state index contributed by atoms with van der Waals surface area (Å²) in [5, 5.41) is 3.37. The highest BCUT2D eigenvalue weighted by Crippen LogP contribution is 2.43. The Hall–Kier alpha value is -0.850. The molecule has 1 aromatic heterocycles. The van der Waals surface area contributed by atoms with Gasteiger partial charge in [-0.1, -0.05) is 13.3 Å². The van der Waals surface area contributed by atoms with Crippen LogP contribution in [0.1, 0.15) is 51.1 Å². The van der Waals surface area contributed by atoms with E-state index in [1.807, 2.05) is 0 Å². The van der Waals surface area contributed by atoms with Crippen LogP contribution in [0, 0.1) is 5.41 Å². The highest BCUT2D eigenvalue weighted by molar-refractivity contribution is 7.89. The number of aromatic amines is 1. The third-order valence-corrected chi connectivity index (χ3v) is 6.37. The van der Waals surface area contributed by atoms with Crippen LogP contribution in [0.3, 0.4) is 0 Å². The number of hydrogen-bond acceptors (Lipinski definition) is 3. The van der Waals surface area contributed by atoms with Gasteiger partial charge in [-0.2, -0.15) is 0 Å². The van der Waals surface area contributed by atoms with Crippen molar-refractivity contribution < 1.29 is 8.42 Å². The largest absolute Gasteiger partial charge is 0.363 e. The van der Waals surface area contributed by atoms with Gasteiger partial charge in [0, 0.05) is 31.0 Å². The second-order valence-electron chi connectivity index (χ2n) is 6.55. The molecule has 2 aliphatic rings. The minimum absolute atomic E-state index is 0.194. The summed E-state index contributed by atoms with van der Waals surface area (Å²) in [7, 11) is -3.39. The van der Waals surface area contributed by atoms with Gasteiger partial charge in [-0.25, -0.2) is 13.1 Å². The molecular formula is C15H25N3O2S. The normalized spacial score (nSPS) is 21.2. The third kappa shape index (κ3) is 3.49. The molecule has 21 heavy (non-hydrogen) atoms. The van der Waals surface area contributed by atoms with Gasteiger partial charge in [-0.05, 0) is 43.6 Å². The van der Waals surface area contributed by atoms with E-state index in [0.717, 1.165) is 25.0 Å². The van der Waals surface area contributed by atoms with Crippen molar-refractivity contribution in [2.24, 2.45) is 5.41 Å². The van der Waals surface area contributed by atoms with Crippen LogP contribution in [0.4, 0.5) is 0 Å². The molecule has 0 aromatic carbocycles. The van der Waals surface area contributed by atoms with Gasteiger partial charge in [0.05, 0.1) is 4.90 Å². The lowest BCUT2D eigenvalue weighted by atomic mass is 9.67. The fourth-order valence-electron chi connectivity index (χ4n) is 2.88. The maximum Gasteiger partial charge on any atom is 0.242 e. The van der Waals surface area contributed by atoms with Crippen LogP contribution in [0.2, 0.25) is 0 Å². The Morgan fingerprint density at radius 1 is 1.38 bits per heavy atom. The standard InChI is InChI=1S/C15H25N3O2S/c1-2-15(6-3-7-15)11-18-21(19,20)14-8-13(17-10-14)9-16-12-4-5-12/h8,10,12,16-18H,2-7,9,11H2,1H3. The monoisotopic (exact) mass is 311 g/mol. The summed E-state index contributed by atoms with van der Waals surface area (Å²) in [5.41, 5.74) is 1.12. The predicted octanol–water partition coefficient (Wildman–Crippen LogP) is 2.13. The Bertz CT molecular complexity index is 580. The molecular weight excluding hydrogens is 286 g/mol. The first-order valence-electron chi connectivity index (χ1n) is 7.93. The van der Waals surface area contributed by atoms with E-state index in [2.05, 4.69) is 21.9 Å². The topological polar surface area (TPSA) is 74.0 Å².